The quantitative estimate of drug-likeness (QED) is 0.825. The Balaban J connectivity index is 3.03. The van der Waals surface area contributed by atoms with Crippen molar-refractivity contribution in [1.29, 1.82) is 5.26 Å². The van der Waals surface area contributed by atoms with Crippen molar-refractivity contribution in [2.45, 2.75) is 32.4 Å². The van der Waals surface area contributed by atoms with Gasteiger partial charge in [-0.05, 0) is 32.4 Å². The van der Waals surface area contributed by atoms with Gasteiger partial charge in [0.1, 0.15) is 5.54 Å². The maximum atomic E-state index is 8.86. The summed E-state index contributed by atoms with van der Waals surface area (Å²) in [6.07, 6.45) is 0. The van der Waals surface area contributed by atoms with Crippen LogP contribution in [0.25, 0.3) is 0 Å². The molecule has 0 aromatic carbocycles. The number of anilines is 1. The lowest BCUT2D eigenvalue weighted by Gasteiger charge is -2.17. The average Bonchev–Trinajstić information content (AvgIpc) is 2.16. The van der Waals surface area contributed by atoms with Gasteiger partial charge in [-0.1, -0.05) is 0 Å². The number of nitrogens with zero attached hydrogens (tertiary/aromatic N) is 4. The van der Waals surface area contributed by atoms with Gasteiger partial charge < -0.3 is 11.1 Å². The van der Waals surface area contributed by atoms with Crippen LogP contribution in [-0.4, -0.2) is 20.5 Å². The molecule has 0 aliphatic rings. The first-order valence-corrected chi connectivity index (χ1v) is 5.08. The number of nitrogens with one attached hydrogen (secondary N) is 1. The molecule has 86 valence electrons. The molecule has 0 aliphatic carbocycles. The van der Waals surface area contributed by atoms with Crippen molar-refractivity contribution in [2.24, 2.45) is 5.73 Å². The largest absolute Gasteiger partial charge is 0.336 e. The standard InChI is InChI=1S/C9H13ClN6/c1-5(12)6-13-7(10)15-8(14-6)16-9(2,3)4-11/h5H,12H2,1-3H3,(H,13,14,15,16). The van der Waals surface area contributed by atoms with Crippen molar-refractivity contribution in [3.63, 3.8) is 0 Å². The first-order valence-electron chi connectivity index (χ1n) is 4.70. The van der Waals surface area contributed by atoms with E-state index in [1.165, 1.54) is 0 Å². The third-order valence-electron chi connectivity index (χ3n) is 1.74. The van der Waals surface area contributed by atoms with E-state index in [9.17, 15) is 0 Å². The molecular weight excluding hydrogens is 228 g/mol. The number of nitrogens with two attached hydrogens (primary N) is 1. The summed E-state index contributed by atoms with van der Waals surface area (Å²) in [6, 6.07) is 1.73. The summed E-state index contributed by atoms with van der Waals surface area (Å²) in [7, 11) is 0. The van der Waals surface area contributed by atoms with Gasteiger partial charge in [0.15, 0.2) is 5.82 Å². The van der Waals surface area contributed by atoms with Crippen molar-refractivity contribution in [1.82, 2.24) is 15.0 Å². The highest BCUT2D eigenvalue weighted by Gasteiger charge is 2.18. The van der Waals surface area contributed by atoms with Crippen LogP contribution in [0.15, 0.2) is 0 Å². The van der Waals surface area contributed by atoms with E-state index in [1.807, 2.05) is 0 Å². The Morgan fingerprint density at radius 3 is 2.56 bits per heavy atom. The van der Waals surface area contributed by atoms with Crippen LogP contribution in [0.4, 0.5) is 5.95 Å². The predicted molar refractivity (Wildman–Crippen MR) is 60.8 cm³/mol. The van der Waals surface area contributed by atoms with Gasteiger partial charge in [0, 0.05) is 0 Å². The summed E-state index contributed by atoms with van der Waals surface area (Å²) in [5, 5.41) is 11.8. The fourth-order valence-electron chi connectivity index (χ4n) is 0.932. The van der Waals surface area contributed by atoms with E-state index in [-0.39, 0.29) is 17.3 Å². The smallest absolute Gasteiger partial charge is 0.228 e. The lowest BCUT2D eigenvalue weighted by molar-refractivity contribution is 0.692. The van der Waals surface area contributed by atoms with Gasteiger partial charge in [0.2, 0.25) is 11.2 Å². The van der Waals surface area contributed by atoms with Crippen LogP contribution in [-0.2, 0) is 0 Å². The second-order valence-electron chi connectivity index (χ2n) is 3.94. The highest BCUT2D eigenvalue weighted by atomic mass is 35.5. The molecule has 1 unspecified atom stereocenters. The topological polar surface area (TPSA) is 101 Å². The number of nitriles is 1. The molecule has 0 spiro atoms. The van der Waals surface area contributed by atoms with Crippen LogP contribution in [0.3, 0.4) is 0 Å². The fraction of sp³-hybridized carbons (Fsp3) is 0.556. The Morgan fingerprint density at radius 2 is 2.06 bits per heavy atom. The minimum Gasteiger partial charge on any atom is -0.336 e. The summed E-state index contributed by atoms with van der Waals surface area (Å²) < 4.78 is 0. The molecule has 0 saturated heterocycles. The number of hydrogen-bond acceptors (Lipinski definition) is 6. The molecule has 0 amide bonds. The molecule has 1 heterocycles. The monoisotopic (exact) mass is 240 g/mol. The summed E-state index contributed by atoms with van der Waals surface area (Å²) >= 11 is 5.73. The molecule has 0 aliphatic heterocycles. The predicted octanol–water partition coefficient (Wildman–Crippen LogP) is 1.26. The normalized spacial score (nSPS) is 13.0. The fourth-order valence-corrected chi connectivity index (χ4v) is 1.10. The maximum absolute atomic E-state index is 8.86. The maximum Gasteiger partial charge on any atom is 0.228 e. The first kappa shape index (κ1) is 12.6. The molecule has 1 aromatic heterocycles. The number of rotatable bonds is 3. The Bertz CT molecular complexity index is 422. The van der Waals surface area contributed by atoms with Crippen LogP contribution in [0, 0.1) is 11.3 Å². The molecule has 16 heavy (non-hydrogen) atoms. The molecular formula is C9H13ClN6. The zero-order valence-electron chi connectivity index (χ0n) is 9.32. The van der Waals surface area contributed by atoms with E-state index in [4.69, 9.17) is 22.6 Å². The van der Waals surface area contributed by atoms with Gasteiger partial charge in [-0.3, -0.25) is 0 Å². The van der Waals surface area contributed by atoms with Crippen molar-refractivity contribution >= 4 is 17.5 Å². The molecule has 1 aromatic rings. The molecule has 0 fully saturated rings. The average molecular weight is 241 g/mol. The zero-order chi connectivity index (χ0) is 12.3. The number of halogens is 1. The third-order valence-corrected chi connectivity index (χ3v) is 1.91. The first-order chi connectivity index (χ1) is 7.34. The SMILES string of the molecule is CC(N)c1nc(Cl)nc(NC(C)(C)C#N)n1. The molecule has 6 nitrogen and oxygen atoms in total. The van der Waals surface area contributed by atoms with Crippen molar-refractivity contribution in [3.05, 3.63) is 11.1 Å². The summed E-state index contributed by atoms with van der Waals surface area (Å²) in [4.78, 5) is 11.8. The molecule has 0 radical (unpaired) electrons. The van der Waals surface area contributed by atoms with Crippen LogP contribution in [0.5, 0.6) is 0 Å². The van der Waals surface area contributed by atoms with E-state index >= 15 is 0 Å². The van der Waals surface area contributed by atoms with Crippen LogP contribution in [0.1, 0.15) is 32.6 Å². The zero-order valence-corrected chi connectivity index (χ0v) is 10.1. The van der Waals surface area contributed by atoms with Crippen LogP contribution < -0.4 is 11.1 Å². The second-order valence-corrected chi connectivity index (χ2v) is 4.27. The molecule has 0 saturated carbocycles. The number of hydrogen-bond donors (Lipinski definition) is 2. The van der Waals surface area contributed by atoms with Crippen molar-refractivity contribution < 1.29 is 0 Å². The molecule has 1 rings (SSSR count). The van der Waals surface area contributed by atoms with Gasteiger partial charge in [0.25, 0.3) is 0 Å². The molecule has 7 heteroatoms. The van der Waals surface area contributed by atoms with Crippen molar-refractivity contribution in [2.75, 3.05) is 5.32 Å². The van der Waals surface area contributed by atoms with Gasteiger partial charge in [-0.2, -0.15) is 15.2 Å². The van der Waals surface area contributed by atoms with Crippen molar-refractivity contribution in [3.8, 4) is 6.07 Å². The van der Waals surface area contributed by atoms with E-state index < -0.39 is 5.54 Å². The van der Waals surface area contributed by atoms with Gasteiger partial charge >= 0.3 is 0 Å². The van der Waals surface area contributed by atoms with E-state index in [0.29, 0.717) is 5.82 Å². The summed E-state index contributed by atoms with van der Waals surface area (Å²) in [6.45, 7) is 5.15. The van der Waals surface area contributed by atoms with E-state index in [2.05, 4.69) is 26.3 Å². The molecule has 0 bridgehead atoms. The Kier molecular flexibility index (Phi) is 3.62. The Morgan fingerprint density at radius 1 is 1.44 bits per heavy atom. The minimum atomic E-state index is -0.778. The molecule has 3 N–H and O–H groups in total. The Labute approximate surface area is 98.9 Å². The summed E-state index contributed by atoms with van der Waals surface area (Å²) in [5.74, 6) is 0.634. The second kappa shape index (κ2) is 4.60. The highest BCUT2D eigenvalue weighted by molar-refractivity contribution is 6.28. The lowest BCUT2D eigenvalue weighted by atomic mass is 10.1. The van der Waals surface area contributed by atoms with Crippen LogP contribution >= 0.6 is 11.6 Å². The van der Waals surface area contributed by atoms with Gasteiger partial charge in [0.05, 0.1) is 12.1 Å². The van der Waals surface area contributed by atoms with E-state index in [0.717, 1.165) is 0 Å². The Hall–Kier alpha value is -1.45. The highest BCUT2D eigenvalue weighted by Crippen LogP contribution is 2.14. The number of aromatic nitrogens is 3. The van der Waals surface area contributed by atoms with Gasteiger partial charge in [-0.15, -0.1) is 0 Å². The van der Waals surface area contributed by atoms with E-state index in [1.54, 1.807) is 20.8 Å². The summed E-state index contributed by atoms with van der Waals surface area (Å²) in [5.41, 5.74) is 4.87. The minimum absolute atomic E-state index is 0.0542. The third kappa shape index (κ3) is 3.29. The van der Waals surface area contributed by atoms with Crippen LogP contribution in [0.2, 0.25) is 5.28 Å². The lowest BCUT2D eigenvalue weighted by Crippen LogP contribution is -2.30. The molecule has 1 atom stereocenters. The van der Waals surface area contributed by atoms with Gasteiger partial charge in [-0.25, -0.2) is 4.98 Å².